The van der Waals surface area contributed by atoms with Crippen molar-refractivity contribution in [2.45, 2.75) is 19.6 Å². The Kier molecular flexibility index (Phi) is 3.95. The lowest BCUT2D eigenvalue weighted by Gasteiger charge is -2.10. The Morgan fingerprint density at radius 1 is 1.44 bits per heavy atom. The maximum absolute atomic E-state index is 12.4. The van der Waals surface area contributed by atoms with Crippen LogP contribution in [0, 0.1) is 0 Å². The minimum Gasteiger partial charge on any atom is -0.478 e. The molecule has 4 nitrogen and oxygen atoms in total. The van der Waals surface area contributed by atoms with Crippen molar-refractivity contribution in [2.75, 3.05) is 0 Å². The fourth-order valence-electron chi connectivity index (χ4n) is 1.35. The molecule has 0 aromatic carbocycles. The number of carboxylic acid groups (broad SMARTS) is 1. The van der Waals surface area contributed by atoms with E-state index in [1.54, 1.807) is 0 Å². The molecule has 1 aromatic heterocycles. The van der Waals surface area contributed by atoms with Gasteiger partial charge in [0, 0.05) is 24.9 Å². The molecule has 0 saturated carbocycles. The number of hydrogen-bond donors (Lipinski definition) is 1. The summed E-state index contributed by atoms with van der Waals surface area (Å²) in [6.45, 7) is 1.22. The summed E-state index contributed by atoms with van der Waals surface area (Å²) in [6.07, 6.45) is -3.03. The molecule has 0 spiro atoms. The van der Waals surface area contributed by atoms with Crippen LogP contribution in [-0.4, -0.2) is 15.6 Å². The average molecular weight is 261 g/mol. The Balaban J connectivity index is 3.10. The number of nitrogens with zero attached hydrogens (tertiary/aromatic N) is 1. The van der Waals surface area contributed by atoms with Gasteiger partial charge in [-0.15, -0.1) is 0 Å². The first-order valence-electron chi connectivity index (χ1n) is 4.88. The number of aliphatic carboxylic acids is 1. The quantitative estimate of drug-likeness (QED) is 0.845. The second-order valence-corrected chi connectivity index (χ2v) is 3.71. The van der Waals surface area contributed by atoms with Crippen LogP contribution in [0.25, 0.3) is 0 Å². The van der Waals surface area contributed by atoms with Crippen molar-refractivity contribution in [3.8, 4) is 0 Å². The Morgan fingerprint density at radius 3 is 2.56 bits per heavy atom. The second-order valence-electron chi connectivity index (χ2n) is 3.71. The fourth-order valence-corrected chi connectivity index (χ4v) is 1.35. The number of carboxylic acids is 1. The molecule has 0 aliphatic rings. The molecule has 0 atom stereocenters. The third-order valence-corrected chi connectivity index (χ3v) is 2.10. The molecular formula is C11H10F3NO3. The standard InChI is InChI=1S/C11H10F3NO3/c1-7(4-10(17)18)5-15-6-8(11(12,13)14)2-3-9(15)16/h2-4,6H,5H2,1H3,(H,17,18). The average Bonchev–Trinajstić information content (AvgIpc) is 2.18. The molecule has 0 fully saturated rings. The van der Waals surface area contributed by atoms with Crippen molar-refractivity contribution >= 4 is 5.97 Å². The van der Waals surface area contributed by atoms with E-state index in [0.29, 0.717) is 12.3 Å². The summed E-state index contributed by atoms with van der Waals surface area (Å²) in [4.78, 5) is 21.7. The van der Waals surface area contributed by atoms with Crippen molar-refractivity contribution in [2.24, 2.45) is 0 Å². The zero-order valence-corrected chi connectivity index (χ0v) is 9.36. The zero-order valence-electron chi connectivity index (χ0n) is 9.36. The van der Waals surface area contributed by atoms with Gasteiger partial charge in [-0.05, 0) is 18.6 Å². The number of rotatable bonds is 3. The molecule has 0 amide bonds. The highest BCUT2D eigenvalue weighted by Gasteiger charge is 2.30. The topological polar surface area (TPSA) is 59.3 Å². The fraction of sp³-hybridized carbons (Fsp3) is 0.273. The number of allylic oxidation sites excluding steroid dienone is 1. The molecule has 0 radical (unpaired) electrons. The molecule has 0 saturated heterocycles. The van der Waals surface area contributed by atoms with E-state index in [4.69, 9.17) is 5.11 Å². The predicted octanol–water partition coefficient (Wildman–Crippen LogP) is 1.90. The monoisotopic (exact) mass is 261 g/mol. The number of aromatic nitrogens is 1. The van der Waals surface area contributed by atoms with Gasteiger partial charge < -0.3 is 9.67 Å². The lowest BCUT2D eigenvalue weighted by Crippen LogP contribution is -2.22. The second kappa shape index (κ2) is 5.07. The summed E-state index contributed by atoms with van der Waals surface area (Å²) in [5.74, 6) is -1.22. The first-order valence-corrected chi connectivity index (χ1v) is 4.88. The molecule has 1 heterocycles. The summed E-state index contributed by atoms with van der Waals surface area (Å²) in [6, 6.07) is 1.49. The Hall–Kier alpha value is -2.05. The first-order chi connectivity index (χ1) is 8.20. The number of pyridine rings is 1. The van der Waals surface area contributed by atoms with Crippen LogP contribution in [0.2, 0.25) is 0 Å². The lowest BCUT2D eigenvalue weighted by molar-refractivity contribution is -0.138. The van der Waals surface area contributed by atoms with E-state index in [1.165, 1.54) is 6.92 Å². The van der Waals surface area contributed by atoms with Gasteiger partial charge in [-0.2, -0.15) is 13.2 Å². The van der Waals surface area contributed by atoms with E-state index in [9.17, 15) is 22.8 Å². The molecule has 1 N–H and O–H groups in total. The molecule has 98 valence electrons. The molecule has 0 bridgehead atoms. The van der Waals surface area contributed by atoms with Crippen LogP contribution in [-0.2, 0) is 17.5 Å². The third kappa shape index (κ3) is 3.76. The summed E-state index contributed by atoms with van der Waals surface area (Å²) in [5, 5.41) is 8.47. The van der Waals surface area contributed by atoms with Gasteiger partial charge in [-0.1, -0.05) is 0 Å². The molecule has 1 aromatic rings. The SMILES string of the molecule is CC(=CC(=O)O)Cn1cc(C(F)(F)F)ccc1=O. The number of alkyl halides is 3. The molecule has 18 heavy (non-hydrogen) atoms. The third-order valence-electron chi connectivity index (χ3n) is 2.10. The molecule has 0 aliphatic heterocycles. The molecule has 1 rings (SSSR count). The highest BCUT2D eigenvalue weighted by Crippen LogP contribution is 2.28. The number of carbonyl (C=O) groups is 1. The van der Waals surface area contributed by atoms with Crippen LogP contribution in [0.15, 0.2) is 34.8 Å². The van der Waals surface area contributed by atoms with Crippen molar-refractivity contribution in [1.82, 2.24) is 4.57 Å². The minimum absolute atomic E-state index is 0.199. The maximum Gasteiger partial charge on any atom is 0.417 e. The van der Waals surface area contributed by atoms with E-state index in [0.717, 1.165) is 16.7 Å². The summed E-state index contributed by atoms with van der Waals surface area (Å²) in [7, 11) is 0. The van der Waals surface area contributed by atoms with E-state index in [2.05, 4.69) is 0 Å². The largest absolute Gasteiger partial charge is 0.478 e. The van der Waals surface area contributed by atoms with Crippen LogP contribution >= 0.6 is 0 Å². The van der Waals surface area contributed by atoms with Gasteiger partial charge in [-0.3, -0.25) is 4.79 Å². The van der Waals surface area contributed by atoms with Gasteiger partial charge in [0.15, 0.2) is 0 Å². The zero-order chi connectivity index (χ0) is 13.9. The van der Waals surface area contributed by atoms with E-state index >= 15 is 0 Å². The summed E-state index contributed by atoms with van der Waals surface area (Å²) in [5.41, 5.74) is -1.31. The molecule has 0 unspecified atom stereocenters. The molecule has 7 heteroatoms. The number of halogens is 3. The molecular weight excluding hydrogens is 251 g/mol. The van der Waals surface area contributed by atoms with E-state index in [-0.39, 0.29) is 12.1 Å². The highest BCUT2D eigenvalue weighted by atomic mass is 19.4. The van der Waals surface area contributed by atoms with Crippen molar-refractivity contribution in [1.29, 1.82) is 0 Å². The van der Waals surface area contributed by atoms with Gasteiger partial charge in [0.1, 0.15) is 0 Å². The van der Waals surface area contributed by atoms with Gasteiger partial charge in [0.25, 0.3) is 5.56 Å². The predicted molar refractivity (Wildman–Crippen MR) is 57.1 cm³/mol. The van der Waals surface area contributed by atoms with Crippen LogP contribution in [0.3, 0.4) is 0 Å². The minimum atomic E-state index is -4.54. The number of hydrogen-bond acceptors (Lipinski definition) is 2. The Bertz CT molecular complexity index is 543. The smallest absolute Gasteiger partial charge is 0.417 e. The van der Waals surface area contributed by atoms with Gasteiger partial charge in [0.2, 0.25) is 0 Å². The van der Waals surface area contributed by atoms with Crippen molar-refractivity contribution in [3.63, 3.8) is 0 Å². The van der Waals surface area contributed by atoms with Gasteiger partial charge in [0.05, 0.1) is 5.56 Å². The maximum atomic E-state index is 12.4. The Morgan fingerprint density at radius 2 is 2.06 bits per heavy atom. The van der Waals surface area contributed by atoms with Crippen LogP contribution < -0.4 is 5.56 Å². The van der Waals surface area contributed by atoms with Gasteiger partial charge >= 0.3 is 12.1 Å². The first kappa shape index (κ1) is 14.0. The van der Waals surface area contributed by atoms with Crippen molar-refractivity contribution < 1.29 is 23.1 Å². The normalized spacial score (nSPS) is 12.6. The van der Waals surface area contributed by atoms with Crippen LogP contribution in [0.5, 0.6) is 0 Å². The highest BCUT2D eigenvalue weighted by molar-refractivity contribution is 5.80. The van der Waals surface area contributed by atoms with Crippen LogP contribution in [0.4, 0.5) is 13.2 Å². The molecule has 0 aliphatic carbocycles. The summed E-state index contributed by atoms with van der Waals surface area (Å²) < 4.78 is 38.1. The van der Waals surface area contributed by atoms with Crippen LogP contribution in [0.1, 0.15) is 12.5 Å². The van der Waals surface area contributed by atoms with E-state index < -0.39 is 23.3 Å². The Labute approximate surface area is 100.0 Å². The van der Waals surface area contributed by atoms with E-state index in [1.807, 2.05) is 0 Å². The lowest BCUT2D eigenvalue weighted by atomic mass is 10.2. The summed E-state index contributed by atoms with van der Waals surface area (Å²) >= 11 is 0. The van der Waals surface area contributed by atoms with Gasteiger partial charge in [-0.25, -0.2) is 4.79 Å². The van der Waals surface area contributed by atoms with Crippen molar-refractivity contribution in [3.05, 3.63) is 45.9 Å².